The lowest BCUT2D eigenvalue weighted by molar-refractivity contribution is 0.247. The first-order valence-electron chi connectivity index (χ1n) is 10.3. The van der Waals surface area contributed by atoms with Gasteiger partial charge in [0.15, 0.2) is 0 Å². The van der Waals surface area contributed by atoms with E-state index in [2.05, 4.69) is 20.4 Å². The van der Waals surface area contributed by atoms with E-state index in [1.165, 1.54) is 28.8 Å². The van der Waals surface area contributed by atoms with Crippen molar-refractivity contribution in [1.29, 1.82) is 0 Å². The van der Waals surface area contributed by atoms with Crippen LogP contribution in [0.2, 0.25) is 5.02 Å². The molecular weight excluding hydrogens is 447 g/mol. The number of pyridine rings is 1. The van der Waals surface area contributed by atoms with Gasteiger partial charge in [0, 0.05) is 37.1 Å². The third-order valence-corrected chi connectivity index (χ3v) is 5.56. The highest BCUT2D eigenvalue weighted by Crippen LogP contribution is 2.24. The van der Waals surface area contributed by atoms with Crippen LogP contribution in [0.4, 0.5) is 16.2 Å². The Kier molecular flexibility index (Phi) is 6.52. The standard InChI is InChI=1S/C23H22ClFN6O2/c1-3-16-12-21(30(2)29-16)28-23-26-8-6-19(27-23)14-7-9-31(22(33)11-14)20(13-32)15-4-5-18(25)17(24)10-15/h4-12,20,32H,3,13H2,1-2H3,(H,26,27,28). The first kappa shape index (κ1) is 22.6. The first-order valence-corrected chi connectivity index (χ1v) is 10.7. The minimum Gasteiger partial charge on any atom is -0.394 e. The molecule has 1 unspecified atom stereocenters. The maximum atomic E-state index is 13.5. The minimum atomic E-state index is -0.704. The molecule has 3 heterocycles. The number of nitrogens with zero attached hydrogens (tertiary/aromatic N) is 5. The number of nitrogens with one attached hydrogen (secondary N) is 1. The highest BCUT2D eigenvalue weighted by molar-refractivity contribution is 6.30. The van der Waals surface area contributed by atoms with Crippen LogP contribution in [-0.2, 0) is 13.5 Å². The van der Waals surface area contributed by atoms with Crippen LogP contribution in [0.5, 0.6) is 0 Å². The van der Waals surface area contributed by atoms with Gasteiger partial charge in [0.1, 0.15) is 11.6 Å². The topological polar surface area (TPSA) is 97.9 Å². The van der Waals surface area contributed by atoms with Gasteiger partial charge in [-0.25, -0.2) is 14.4 Å². The van der Waals surface area contributed by atoms with E-state index in [9.17, 15) is 14.3 Å². The molecule has 2 N–H and O–H groups in total. The predicted molar refractivity (Wildman–Crippen MR) is 124 cm³/mol. The highest BCUT2D eigenvalue weighted by Gasteiger charge is 2.16. The summed E-state index contributed by atoms with van der Waals surface area (Å²) >= 11 is 5.87. The predicted octanol–water partition coefficient (Wildman–Crippen LogP) is 3.72. The monoisotopic (exact) mass is 468 g/mol. The summed E-state index contributed by atoms with van der Waals surface area (Å²) in [7, 11) is 1.83. The molecule has 0 saturated carbocycles. The van der Waals surface area contributed by atoms with Gasteiger partial charge in [-0.3, -0.25) is 9.48 Å². The van der Waals surface area contributed by atoms with Crippen molar-refractivity contribution in [2.24, 2.45) is 7.05 Å². The molecule has 0 saturated heterocycles. The van der Waals surface area contributed by atoms with Crippen LogP contribution >= 0.6 is 11.6 Å². The van der Waals surface area contributed by atoms with E-state index in [1.807, 2.05) is 20.0 Å². The molecule has 4 aromatic rings. The van der Waals surface area contributed by atoms with Crippen molar-refractivity contribution >= 4 is 23.4 Å². The number of benzene rings is 1. The largest absolute Gasteiger partial charge is 0.394 e. The van der Waals surface area contributed by atoms with Crippen LogP contribution in [0.3, 0.4) is 0 Å². The average molecular weight is 469 g/mol. The maximum Gasteiger partial charge on any atom is 0.251 e. The highest BCUT2D eigenvalue weighted by atomic mass is 35.5. The molecule has 170 valence electrons. The van der Waals surface area contributed by atoms with Crippen molar-refractivity contribution in [3.63, 3.8) is 0 Å². The Labute approximate surface area is 194 Å². The van der Waals surface area contributed by atoms with Crippen molar-refractivity contribution in [2.75, 3.05) is 11.9 Å². The number of aryl methyl sites for hydroxylation is 2. The van der Waals surface area contributed by atoms with Gasteiger partial charge in [0.05, 0.1) is 29.1 Å². The molecule has 33 heavy (non-hydrogen) atoms. The summed E-state index contributed by atoms with van der Waals surface area (Å²) in [6.07, 6.45) is 3.98. The maximum absolute atomic E-state index is 13.5. The number of aliphatic hydroxyl groups is 1. The summed E-state index contributed by atoms with van der Waals surface area (Å²) in [6, 6.07) is 10.2. The van der Waals surface area contributed by atoms with Crippen LogP contribution in [0, 0.1) is 5.82 Å². The summed E-state index contributed by atoms with van der Waals surface area (Å²) in [5, 5.41) is 17.3. The zero-order valence-corrected chi connectivity index (χ0v) is 18.8. The second-order valence-corrected chi connectivity index (χ2v) is 7.83. The number of aromatic nitrogens is 5. The van der Waals surface area contributed by atoms with Gasteiger partial charge in [0.2, 0.25) is 5.95 Å². The third kappa shape index (κ3) is 4.79. The molecule has 0 aliphatic heterocycles. The second kappa shape index (κ2) is 9.51. The lowest BCUT2D eigenvalue weighted by atomic mass is 10.1. The van der Waals surface area contributed by atoms with Crippen LogP contribution in [0.15, 0.2) is 59.7 Å². The summed E-state index contributed by atoms with van der Waals surface area (Å²) < 4.78 is 16.6. The van der Waals surface area contributed by atoms with E-state index >= 15 is 0 Å². The third-order valence-electron chi connectivity index (χ3n) is 5.27. The fourth-order valence-corrected chi connectivity index (χ4v) is 3.68. The quantitative estimate of drug-likeness (QED) is 0.429. The molecule has 3 aromatic heterocycles. The van der Waals surface area contributed by atoms with Crippen molar-refractivity contribution in [3.05, 3.63) is 87.3 Å². The summed E-state index contributed by atoms with van der Waals surface area (Å²) in [5.41, 5.74) is 2.27. The van der Waals surface area contributed by atoms with Crippen molar-refractivity contribution < 1.29 is 9.50 Å². The summed E-state index contributed by atoms with van der Waals surface area (Å²) in [5.74, 6) is 0.560. The molecule has 8 nitrogen and oxygen atoms in total. The molecule has 1 atom stereocenters. The average Bonchev–Trinajstić information content (AvgIpc) is 3.17. The SMILES string of the molecule is CCc1cc(Nc2nccc(-c3ccn(C(CO)c4ccc(F)c(Cl)c4)c(=O)c3)n2)n(C)n1. The molecule has 0 spiro atoms. The van der Waals surface area contributed by atoms with Gasteiger partial charge in [-0.05, 0) is 36.2 Å². The fourth-order valence-electron chi connectivity index (χ4n) is 3.49. The molecular formula is C23H22ClFN6O2. The van der Waals surface area contributed by atoms with Gasteiger partial charge in [-0.2, -0.15) is 5.10 Å². The molecule has 4 rings (SSSR count). The van der Waals surface area contributed by atoms with Crippen LogP contribution in [-0.4, -0.2) is 36.0 Å². The van der Waals surface area contributed by atoms with Gasteiger partial charge < -0.3 is 15.0 Å². The summed E-state index contributed by atoms with van der Waals surface area (Å²) in [6.45, 7) is 1.67. The molecule has 0 bridgehead atoms. The number of hydrogen-bond donors (Lipinski definition) is 2. The summed E-state index contributed by atoms with van der Waals surface area (Å²) in [4.78, 5) is 21.6. The lowest BCUT2D eigenvalue weighted by Gasteiger charge is -2.18. The van der Waals surface area contributed by atoms with Crippen LogP contribution < -0.4 is 10.9 Å². The number of aliphatic hydroxyl groups excluding tert-OH is 1. The van der Waals surface area contributed by atoms with Crippen molar-refractivity contribution in [3.8, 4) is 11.3 Å². The normalized spacial score (nSPS) is 12.0. The van der Waals surface area contributed by atoms with Crippen LogP contribution in [0.25, 0.3) is 11.3 Å². The van der Waals surface area contributed by atoms with Crippen molar-refractivity contribution in [2.45, 2.75) is 19.4 Å². The van der Waals surface area contributed by atoms with Gasteiger partial charge in [-0.15, -0.1) is 0 Å². The molecule has 10 heteroatoms. The van der Waals surface area contributed by atoms with E-state index < -0.39 is 11.9 Å². The zero-order chi connectivity index (χ0) is 23.5. The molecule has 0 amide bonds. The van der Waals surface area contributed by atoms with E-state index in [0.717, 1.165) is 17.9 Å². The Bertz CT molecular complexity index is 1350. The van der Waals surface area contributed by atoms with E-state index in [4.69, 9.17) is 11.6 Å². The molecule has 0 aliphatic rings. The second-order valence-electron chi connectivity index (χ2n) is 7.42. The Morgan fingerprint density at radius 3 is 2.70 bits per heavy atom. The van der Waals surface area contributed by atoms with Crippen LogP contribution in [0.1, 0.15) is 24.2 Å². The number of anilines is 2. The number of rotatable bonds is 7. The van der Waals surface area contributed by atoms with Gasteiger partial charge >= 0.3 is 0 Å². The Morgan fingerprint density at radius 1 is 1.21 bits per heavy atom. The zero-order valence-electron chi connectivity index (χ0n) is 18.0. The lowest BCUT2D eigenvalue weighted by Crippen LogP contribution is -2.26. The minimum absolute atomic E-state index is 0.0730. The van der Waals surface area contributed by atoms with Gasteiger partial charge in [0.25, 0.3) is 5.56 Å². The number of halogens is 2. The molecule has 1 aromatic carbocycles. The van der Waals surface area contributed by atoms with E-state index in [0.29, 0.717) is 22.8 Å². The Hall–Kier alpha value is -3.56. The molecule has 0 radical (unpaired) electrons. The number of hydrogen-bond acceptors (Lipinski definition) is 6. The molecule has 0 fully saturated rings. The van der Waals surface area contributed by atoms with E-state index in [1.54, 1.807) is 29.2 Å². The smallest absolute Gasteiger partial charge is 0.251 e. The van der Waals surface area contributed by atoms with E-state index in [-0.39, 0.29) is 17.2 Å². The first-order chi connectivity index (χ1) is 15.9. The Morgan fingerprint density at radius 2 is 2.03 bits per heavy atom. The van der Waals surface area contributed by atoms with Crippen molar-refractivity contribution in [1.82, 2.24) is 24.3 Å². The van der Waals surface area contributed by atoms with Gasteiger partial charge in [-0.1, -0.05) is 24.6 Å². The fraction of sp³-hybridized carbons (Fsp3) is 0.217. The molecule has 0 aliphatic carbocycles. The Balaban J connectivity index is 1.62.